The van der Waals surface area contributed by atoms with Gasteiger partial charge in [-0.3, -0.25) is 4.79 Å². The van der Waals surface area contributed by atoms with Crippen LogP contribution in [-0.4, -0.2) is 18.2 Å². The Hall–Kier alpha value is -1.03. The van der Waals surface area contributed by atoms with Gasteiger partial charge >= 0.3 is 5.97 Å². The average Bonchev–Trinajstić information content (AvgIpc) is 2.18. The molecule has 0 fully saturated rings. The van der Waals surface area contributed by atoms with Gasteiger partial charge in [0.2, 0.25) is 0 Å². The first-order valence-electron chi connectivity index (χ1n) is 5.35. The van der Waals surface area contributed by atoms with Gasteiger partial charge in [0.05, 0.1) is 18.0 Å². The van der Waals surface area contributed by atoms with Crippen molar-refractivity contribution in [2.45, 2.75) is 32.6 Å². The zero-order valence-corrected chi connectivity index (χ0v) is 12.1. The van der Waals surface area contributed by atoms with Gasteiger partial charge in [-0.05, 0) is 34.5 Å². The first-order valence-corrected chi connectivity index (χ1v) is 6.14. The molecule has 0 unspecified atom stereocenters. The van der Waals surface area contributed by atoms with Crippen LogP contribution in [0.3, 0.4) is 0 Å². The lowest BCUT2D eigenvalue weighted by atomic mass is 9.79. The number of halogens is 1. The van der Waals surface area contributed by atoms with Crippen LogP contribution in [0.4, 0.5) is 0 Å². The SMILES string of the molecule is COc1c(Br)ccc(C)c1C(C)(C)CC(=O)O. The molecule has 0 atom stereocenters. The monoisotopic (exact) mass is 300 g/mol. The second-order valence-electron chi connectivity index (χ2n) is 4.73. The molecule has 0 aromatic heterocycles. The molecule has 0 amide bonds. The number of ether oxygens (including phenoxy) is 1. The zero-order chi connectivity index (χ0) is 13.2. The topological polar surface area (TPSA) is 46.5 Å². The van der Waals surface area contributed by atoms with Crippen LogP contribution in [0.25, 0.3) is 0 Å². The van der Waals surface area contributed by atoms with E-state index >= 15 is 0 Å². The Bertz CT molecular complexity index is 439. The number of carboxylic acid groups (broad SMARTS) is 1. The maximum absolute atomic E-state index is 10.9. The first kappa shape index (κ1) is 14.0. The number of benzene rings is 1. The first-order chi connectivity index (χ1) is 7.79. The highest BCUT2D eigenvalue weighted by Gasteiger charge is 2.30. The average molecular weight is 301 g/mol. The van der Waals surface area contributed by atoms with Gasteiger partial charge < -0.3 is 9.84 Å². The molecule has 4 heteroatoms. The van der Waals surface area contributed by atoms with Crippen LogP contribution in [0.5, 0.6) is 5.75 Å². The molecular formula is C13H17BrO3. The molecule has 0 radical (unpaired) electrons. The largest absolute Gasteiger partial charge is 0.495 e. The predicted molar refractivity (Wildman–Crippen MR) is 70.7 cm³/mol. The number of rotatable bonds is 4. The summed E-state index contributed by atoms with van der Waals surface area (Å²) in [6.07, 6.45) is 0.0701. The van der Waals surface area contributed by atoms with E-state index in [-0.39, 0.29) is 6.42 Å². The molecule has 1 rings (SSSR count). The Morgan fingerprint density at radius 2 is 2.06 bits per heavy atom. The third kappa shape index (κ3) is 3.00. The van der Waals surface area contributed by atoms with Crippen LogP contribution in [0.2, 0.25) is 0 Å². The highest BCUT2D eigenvalue weighted by molar-refractivity contribution is 9.10. The summed E-state index contributed by atoms with van der Waals surface area (Å²) in [5.74, 6) is -0.0901. The second-order valence-corrected chi connectivity index (χ2v) is 5.58. The lowest BCUT2D eigenvalue weighted by molar-refractivity contribution is -0.138. The van der Waals surface area contributed by atoms with Crippen molar-refractivity contribution in [1.29, 1.82) is 0 Å². The van der Waals surface area contributed by atoms with Gasteiger partial charge in [-0.25, -0.2) is 0 Å². The van der Waals surface area contributed by atoms with Gasteiger partial charge in [-0.2, -0.15) is 0 Å². The minimum absolute atomic E-state index is 0.0701. The molecule has 0 bridgehead atoms. The van der Waals surface area contributed by atoms with Crippen molar-refractivity contribution in [3.05, 3.63) is 27.7 Å². The van der Waals surface area contributed by atoms with Crippen LogP contribution in [0.1, 0.15) is 31.4 Å². The molecule has 0 aliphatic rings. The Morgan fingerprint density at radius 3 is 2.53 bits per heavy atom. The molecule has 1 aromatic carbocycles. The van der Waals surface area contributed by atoms with Crippen molar-refractivity contribution in [3.63, 3.8) is 0 Å². The van der Waals surface area contributed by atoms with E-state index in [2.05, 4.69) is 15.9 Å². The van der Waals surface area contributed by atoms with Gasteiger partial charge in [-0.15, -0.1) is 0 Å². The molecule has 1 N–H and O–H groups in total. The van der Waals surface area contributed by atoms with Crippen molar-refractivity contribution in [2.75, 3.05) is 7.11 Å². The van der Waals surface area contributed by atoms with E-state index in [0.717, 1.165) is 21.3 Å². The molecule has 1 aromatic rings. The van der Waals surface area contributed by atoms with Crippen molar-refractivity contribution >= 4 is 21.9 Å². The summed E-state index contributed by atoms with van der Waals surface area (Å²) in [5.41, 5.74) is 1.51. The Labute approximate surface area is 110 Å². The highest BCUT2D eigenvalue weighted by atomic mass is 79.9. The minimum atomic E-state index is -0.809. The number of carboxylic acids is 1. The third-order valence-electron chi connectivity index (χ3n) is 2.79. The summed E-state index contributed by atoms with van der Waals surface area (Å²) in [5, 5.41) is 8.98. The van der Waals surface area contributed by atoms with Crippen molar-refractivity contribution in [1.82, 2.24) is 0 Å². The van der Waals surface area contributed by atoms with E-state index < -0.39 is 11.4 Å². The van der Waals surface area contributed by atoms with Gasteiger partial charge in [0.1, 0.15) is 5.75 Å². The van der Waals surface area contributed by atoms with Crippen LogP contribution in [0.15, 0.2) is 16.6 Å². The summed E-state index contributed by atoms with van der Waals surface area (Å²) < 4.78 is 6.23. The van der Waals surface area contributed by atoms with Gasteiger partial charge in [0.15, 0.2) is 0 Å². The highest BCUT2D eigenvalue weighted by Crippen LogP contribution is 2.40. The van der Waals surface area contributed by atoms with Crippen molar-refractivity contribution in [2.24, 2.45) is 0 Å². The molecule has 0 heterocycles. The molecule has 0 saturated heterocycles. The zero-order valence-electron chi connectivity index (χ0n) is 10.5. The van der Waals surface area contributed by atoms with Gasteiger partial charge in [0, 0.05) is 11.0 Å². The fourth-order valence-corrected chi connectivity index (χ4v) is 2.66. The van der Waals surface area contributed by atoms with Crippen molar-refractivity contribution < 1.29 is 14.6 Å². The Morgan fingerprint density at radius 1 is 1.47 bits per heavy atom. The number of hydrogen-bond acceptors (Lipinski definition) is 2. The predicted octanol–water partition coefficient (Wildman–Crippen LogP) is 3.52. The fraction of sp³-hybridized carbons (Fsp3) is 0.462. The van der Waals surface area contributed by atoms with Crippen LogP contribution >= 0.6 is 15.9 Å². The second kappa shape index (κ2) is 5.08. The third-order valence-corrected chi connectivity index (χ3v) is 3.42. The summed E-state index contributed by atoms with van der Waals surface area (Å²) in [4.78, 5) is 10.9. The van der Waals surface area contributed by atoms with E-state index in [1.807, 2.05) is 32.9 Å². The van der Waals surface area contributed by atoms with Crippen LogP contribution < -0.4 is 4.74 Å². The normalized spacial score (nSPS) is 11.4. The minimum Gasteiger partial charge on any atom is -0.495 e. The summed E-state index contributed by atoms with van der Waals surface area (Å²) in [7, 11) is 1.60. The Kier molecular flexibility index (Phi) is 4.20. The quantitative estimate of drug-likeness (QED) is 0.925. The van der Waals surface area contributed by atoms with Crippen molar-refractivity contribution in [3.8, 4) is 5.75 Å². The molecule has 3 nitrogen and oxygen atoms in total. The van der Waals surface area contributed by atoms with Crippen LogP contribution in [0, 0.1) is 6.92 Å². The number of methoxy groups -OCH3 is 1. The molecule has 0 aliphatic heterocycles. The van der Waals surface area contributed by atoms with E-state index in [9.17, 15) is 4.79 Å². The van der Waals surface area contributed by atoms with Gasteiger partial charge in [-0.1, -0.05) is 19.9 Å². The van der Waals surface area contributed by atoms with Gasteiger partial charge in [0.25, 0.3) is 0 Å². The van der Waals surface area contributed by atoms with E-state index in [4.69, 9.17) is 9.84 Å². The lowest BCUT2D eigenvalue weighted by Gasteiger charge is -2.28. The lowest BCUT2D eigenvalue weighted by Crippen LogP contribution is -2.23. The van der Waals surface area contributed by atoms with E-state index in [0.29, 0.717) is 0 Å². The summed E-state index contributed by atoms with van der Waals surface area (Å²) >= 11 is 3.43. The molecule has 0 saturated carbocycles. The smallest absolute Gasteiger partial charge is 0.304 e. The molecule has 94 valence electrons. The molecule has 17 heavy (non-hydrogen) atoms. The number of aliphatic carboxylic acids is 1. The Balaban J connectivity index is 3.38. The number of aryl methyl sites for hydroxylation is 1. The summed E-state index contributed by atoms with van der Waals surface area (Å²) in [6, 6.07) is 3.88. The van der Waals surface area contributed by atoms with E-state index in [1.165, 1.54) is 0 Å². The maximum atomic E-state index is 10.9. The molecular weight excluding hydrogens is 284 g/mol. The molecule has 0 aliphatic carbocycles. The van der Waals surface area contributed by atoms with E-state index in [1.54, 1.807) is 7.11 Å². The molecule has 0 spiro atoms. The summed E-state index contributed by atoms with van der Waals surface area (Å²) in [6.45, 7) is 5.80. The standard InChI is InChI=1S/C13H17BrO3/c1-8-5-6-9(14)12(17-4)11(8)13(2,3)7-10(15)16/h5-6H,7H2,1-4H3,(H,15,16). The van der Waals surface area contributed by atoms with Crippen LogP contribution in [-0.2, 0) is 10.2 Å². The number of hydrogen-bond donors (Lipinski definition) is 1. The maximum Gasteiger partial charge on any atom is 0.304 e. The fourth-order valence-electron chi connectivity index (χ4n) is 2.16. The number of carbonyl (C=O) groups is 1.